The first-order valence-electron chi connectivity index (χ1n) is 4.88. The highest BCUT2D eigenvalue weighted by atomic mass is 35.5. The van der Waals surface area contributed by atoms with Gasteiger partial charge in [0.15, 0.2) is 4.84 Å². The molecule has 3 nitrogen and oxygen atoms in total. The Labute approximate surface area is 127 Å². The smallest absolute Gasteiger partial charge is 0.151 e. The first-order chi connectivity index (χ1) is 8.91. The first-order valence-corrected chi connectivity index (χ1v) is 6.51. The average Bonchev–Trinajstić information content (AvgIpc) is 2.34. The average molecular weight is 342 g/mol. The van der Waals surface area contributed by atoms with E-state index in [-0.39, 0.29) is 32.7 Å². The Kier molecular flexibility index (Phi) is 4.36. The number of hydrogen-bond donors (Lipinski definition) is 1. The van der Waals surface area contributed by atoms with Gasteiger partial charge in [-0.25, -0.2) is 14.4 Å². The predicted molar refractivity (Wildman–Crippen MR) is 73.6 cm³/mol. The zero-order valence-corrected chi connectivity index (χ0v) is 12.1. The summed E-state index contributed by atoms with van der Waals surface area (Å²) in [5, 5.41) is 9.42. The van der Waals surface area contributed by atoms with Crippen LogP contribution in [0, 0.1) is 5.82 Å². The summed E-state index contributed by atoms with van der Waals surface area (Å²) in [7, 11) is 0. The van der Waals surface area contributed by atoms with Crippen LogP contribution in [0.4, 0.5) is 4.39 Å². The summed E-state index contributed by atoms with van der Waals surface area (Å²) in [4.78, 5) is 6.71. The van der Waals surface area contributed by atoms with Crippen LogP contribution in [0.1, 0.15) is 10.5 Å². The molecule has 0 atom stereocenters. The van der Waals surface area contributed by atoms with Gasteiger partial charge in [-0.3, -0.25) is 0 Å². The van der Waals surface area contributed by atoms with Crippen molar-refractivity contribution in [1.82, 2.24) is 9.97 Å². The summed E-state index contributed by atoms with van der Waals surface area (Å²) < 4.78 is 13.8. The second-order valence-electron chi connectivity index (χ2n) is 3.51. The molecule has 0 aliphatic carbocycles. The molecule has 0 amide bonds. The van der Waals surface area contributed by atoms with E-state index in [9.17, 15) is 9.50 Å². The van der Waals surface area contributed by atoms with E-state index >= 15 is 0 Å². The summed E-state index contributed by atoms with van der Waals surface area (Å²) in [5.74, 6) is -0.974. The minimum absolute atomic E-state index is 0.0122. The Hall–Kier alpha value is -0.810. The lowest BCUT2D eigenvalue weighted by Crippen LogP contribution is -1.97. The van der Waals surface area contributed by atoms with Crippen molar-refractivity contribution in [2.24, 2.45) is 0 Å². The van der Waals surface area contributed by atoms with Gasteiger partial charge in [0.1, 0.15) is 17.9 Å². The topological polar surface area (TPSA) is 46.0 Å². The van der Waals surface area contributed by atoms with Crippen LogP contribution in [0.15, 0.2) is 18.5 Å². The van der Waals surface area contributed by atoms with Gasteiger partial charge in [-0.05, 0) is 12.1 Å². The summed E-state index contributed by atoms with van der Waals surface area (Å²) in [6.07, 6.45) is 1.15. The van der Waals surface area contributed by atoms with Crippen molar-refractivity contribution in [1.29, 1.82) is 0 Å². The molecule has 0 bridgehead atoms. The monoisotopic (exact) mass is 340 g/mol. The molecule has 0 unspecified atom stereocenters. The van der Waals surface area contributed by atoms with Crippen LogP contribution < -0.4 is 0 Å². The Bertz CT molecular complexity index is 636. The fraction of sp³-hybridized carbons (Fsp3) is 0.0909. The van der Waals surface area contributed by atoms with Crippen LogP contribution in [-0.2, 0) is 0 Å². The lowest BCUT2D eigenvalue weighted by Gasteiger charge is -2.10. The van der Waals surface area contributed by atoms with Crippen LogP contribution in [-0.4, -0.2) is 15.1 Å². The molecule has 8 heteroatoms. The highest BCUT2D eigenvalue weighted by Gasteiger charge is 2.19. The third kappa shape index (κ3) is 2.87. The second kappa shape index (κ2) is 5.67. The van der Waals surface area contributed by atoms with Gasteiger partial charge < -0.3 is 5.11 Å². The van der Waals surface area contributed by atoms with E-state index in [0.29, 0.717) is 0 Å². The van der Waals surface area contributed by atoms with Gasteiger partial charge in [-0.2, -0.15) is 0 Å². The zero-order chi connectivity index (χ0) is 14.2. The van der Waals surface area contributed by atoms with Gasteiger partial charge in [-0.15, -0.1) is 0 Å². The molecule has 19 heavy (non-hydrogen) atoms. The minimum Gasteiger partial charge on any atom is -0.506 e. The van der Waals surface area contributed by atoms with Crippen molar-refractivity contribution in [3.8, 4) is 17.0 Å². The van der Waals surface area contributed by atoms with Crippen molar-refractivity contribution < 1.29 is 9.50 Å². The predicted octanol–water partition coefficient (Wildman–Crippen LogP) is 4.77. The highest BCUT2D eigenvalue weighted by molar-refractivity contribution is 6.45. The maximum Gasteiger partial charge on any atom is 0.151 e. The Balaban J connectivity index is 2.66. The number of alkyl halides is 2. The number of phenolic OH excluding ortho intramolecular Hbond substituents is 1. The minimum atomic E-state index is -0.974. The molecule has 1 heterocycles. The van der Waals surface area contributed by atoms with Crippen LogP contribution in [0.5, 0.6) is 5.75 Å². The number of rotatable bonds is 2. The molecule has 0 saturated carbocycles. The van der Waals surface area contributed by atoms with E-state index < -0.39 is 10.7 Å². The highest BCUT2D eigenvalue weighted by Crippen LogP contribution is 2.38. The number of aromatic nitrogens is 2. The molecule has 1 aromatic carbocycles. The van der Waals surface area contributed by atoms with Crippen LogP contribution in [0.2, 0.25) is 10.0 Å². The van der Waals surface area contributed by atoms with Crippen LogP contribution in [0.25, 0.3) is 11.3 Å². The first kappa shape index (κ1) is 14.6. The Morgan fingerprint density at radius 2 is 1.84 bits per heavy atom. The van der Waals surface area contributed by atoms with Crippen molar-refractivity contribution >= 4 is 46.4 Å². The molecule has 0 aliphatic rings. The maximum absolute atomic E-state index is 13.8. The van der Waals surface area contributed by atoms with E-state index in [4.69, 9.17) is 46.4 Å². The second-order valence-corrected chi connectivity index (χ2v) is 5.39. The number of halogens is 5. The molecular weight excluding hydrogens is 337 g/mol. The van der Waals surface area contributed by atoms with E-state index in [1.165, 1.54) is 0 Å². The van der Waals surface area contributed by atoms with Crippen LogP contribution >= 0.6 is 46.4 Å². The van der Waals surface area contributed by atoms with E-state index in [1.807, 2.05) is 0 Å². The van der Waals surface area contributed by atoms with Gasteiger partial charge in [0, 0.05) is 5.56 Å². The number of hydrogen-bond acceptors (Lipinski definition) is 3. The number of aromatic hydroxyl groups is 1. The summed E-state index contributed by atoms with van der Waals surface area (Å²) in [6, 6.07) is 2.08. The quantitative estimate of drug-likeness (QED) is 0.800. The molecule has 0 radical (unpaired) electrons. The van der Waals surface area contributed by atoms with E-state index in [1.54, 1.807) is 0 Å². The normalized spacial score (nSPS) is 11.1. The molecular formula is C11H5Cl4FN2O. The lowest BCUT2D eigenvalue weighted by atomic mass is 10.1. The molecule has 0 spiro atoms. The SMILES string of the molecule is Oc1cc(-c2ncnc(C(Cl)Cl)c2Cl)c(F)cc1Cl. The lowest BCUT2D eigenvalue weighted by molar-refractivity contribution is 0.474. The van der Waals surface area contributed by atoms with Gasteiger partial charge >= 0.3 is 0 Å². The number of benzene rings is 1. The fourth-order valence-corrected chi connectivity index (χ4v) is 2.34. The van der Waals surface area contributed by atoms with Crippen molar-refractivity contribution in [2.75, 3.05) is 0 Å². The van der Waals surface area contributed by atoms with Crippen LogP contribution in [0.3, 0.4) is 0 Å². The number of nitrogens with zero attached hydrogens (tertiary/aromatic N) is 2. The molecule has 100 valence electrons. The molecule has 0 fully saturated rings. The Morgan fingerprint density at radius 1 is 1.16 bits per heavy atom. The van der Waals surface area contributed by atoms with E-state index in [0.717, 1.165) is 18.5 Å². The molecule has 2 rings (SSSR count). The fourth-order valence-electron chi connectivity index (χ4n) is 1.44. The third-order valence-electron chi connectivity index (χ3n) is 2.31. The Morgan fingerprint density at radius 3 is 2.47 bits per heavy atom. The summed E-state index contributed by atoms with van der Waals surface area (Å²) >= 11 is 23.0. The van der Waals surface area contributed by atoms with E-state index in [2.05, 4.69) is 9.97 Å². The summed E-state index contributed by atoms with van der Waals surface area (Å²) in [5.41, 5.74) is 0.204. The molecule has 0 aliphatic heterocycles. The molecule has 1 N–H and O–H groups in total. The largest absolute Gasteiger partial charge is 0.506 e. The standard InChI is InChI=1S/C11H5Cl4FN2O/c12-5-2-6(16)4(1-7(5)19)9-8(13)10(11(14)15)18-3-17-9/h1-3,11,19H. The summed E-state index contributed by atoms with van der Waals surface area (Å²) in [6.45, 7) is 0. The van der Waals surface area contributed by atoms with Crippen molar-refractivity contribution in [2.45, 2.75) is 4.84 Å². The molecule has 2 aromatic rings. The third-order valence-corrected chi connectivity index (χ3v) is 3.40. The zero-order valence-electron chi connectivity index (χ0n) is 9.04. The molecule has 0 saturated heterocycles. The van der Waals surface area contributed by atoms with Gasteiger partial charge in [-0.1, -0.05) is 46.4 Å². The van der Waals surface area contributed by atoms with Gasteiger partial charge in [0.25, 0.3) is 0 Å². The van der Waals surface area contributed by atoms with Crippen molar-refractivity contribution in [3.05, 3.63) is 40.0 Å². The van der Waals surface area contributed by atoms with Gasteiger partial charge in [0.05, 0.1) is 21.4 Å². The van der Waals surface area contributed by atoms with Crippen molar-refractivity contribution in [3.63, 3.8) is 0 Å². The van der Waals surface area contributed by atoms with Gasteiger partial charge in [0.2, 0.25) is 0 Å². The maximum atomic E-state index is 13.8. The molecule has 1 aromatic heterocycles. The number of phenols is 1.